The van der Waals surface area contributed by atoms with Gasteiger partial charge in [-0.15, -0.1) is 0 Å². The second-order valence-electron chi connectivity index (χ2n) is 4.68. The van der Waals surface area contributed by atoms with Crippen LogP contribution in [0, 0.1) is 13.8 Å². The second kappa shape index (κ2) is 5.28. The molecule has 0 radical (unpaired) electrons. The van der Waals surface area contributed by atoms with Crippen molar-refractivity contribution in [2.24, 2.45) is 0 Å². The Bertz CT molecular complexity index is 615. The molecule has 2 aromatic rings. The molecular formula is C14H16F3N3. The lowest BCUT2D eigenvalue weighted by atomic mass is 10.1. The third kappa shape index (κ3) is 2.56. The van der Waals surface area contributed by atoms with E-state index in [9.17, 15) is 13.2 Å². The molecule has 6 heteroatoms. The Labute approximate surface area is 115 Å². The van der Waals surface area contributed by atoms with Crippen LogP contribution in [0.2, 0.25) is 0 Å². The smallest absolute Gasteiger partial charge is 0.316 e. The first-order valence-electron chi connectivity index (χ1n) is 6.21. The summed E-state index contributed by atoms with van der Waals surface area (Å²) in [7, 11) is 1.61. The van der Waals surface area contributed by atoms with Gasteiger partial charge in [-0.05, 0) is 38.1 Å². The van der Waals surface area contributed by atoms with Gasteiger partial charge in [-0.25, -0.2) is 4.68 Å². The van der Waals surface area contributed by atoms with Crippen LogP contribution < -0.4 is 5.32 Å². The van der Waals surface area contributed by atoms with E-state index in [0.717, 1.165) is 15.8 Å². The Morgan fingerprint density at radius 2 is 1.95 bits per heavy atom. The van der Waals surface area contributed by atoms with Crippen LogP contribution in [0.5, 0.6) is 0 Å². The van der Waals surface area contributed by atoms with Crippen molar-refractivity contribution in [3.63, 3.8) is 0 Å². The van der Waals surface area contributed by atoms with Gasteiger partial charge in [0.2, 0.25) is 0 Å². The number of nitrogens with zero attached hydrogens (tertiary/aromatic N) is 2. The van der Waals surface area contributed by atoms with Gasteiger partial charge in [0, 0.05) is 12.1 Å². The number of nitrogens with one attached hydrogen (secondary N) is 1. The van der Waals surface area contributed by atoms with Crippen LogP contribution in [-0.4, -0.2) is 16.8 Å². The van der Waals surface area contributed by atoms with E-state index in [1.165, 1.54) is 6.20 Å². The van der Waals surface area contributed by atoms with Gasteiger partial charge in [-0.2, -0.15) is 18.3 Å². The van der Waals surface area contributed by atoms with Gasteiger partial charge in [0.05, 0.1) is 11.9 Å². The van der Waals surface area contributed by atoms with E-state index in [2.05, 4.69) is 10.4 Å². The molecule has 0 spiro atoms. The second-order valence-corrected chi connectivity index (χ2v) is 4.68. The van der Waals surface area contributed by atoms with E-state index in [-0.39, 0.29) is 12.1 Å². The van der Waals surface area contributed by atoms with E-state index in [0.29, 0.717) is 5.69 Å². The predicted octanol–water partition coefficient (Wildman–Crippen LogP) is 3.23. The Balaban J connectivity index is 2.66. The zero-order valence-electron chi connectivity index (χ0n) is 11.5. The van der Waals surface area contributed by atoms with Crippen LogP contribution in [0.4, 0.5) is 13.2 Å². The minimum absolute atomic E-state index is 0.125. The first-order valence-corrected chi connectivity index (χ1v) is 6.21. The zero-order chi connectivity index (χ0) is 14.9. The van der Waals surface area contributed by atoms with Gasteiger partial charge in [-0.1, -0.05) is 12.1 Å². The number of rotatable bonds is 3. The van der Waals surface area contributed by atoms with Crippen molar-refractivity contribution in [1.29, 1.82) is 0 Å². The van der Waals surface area contributed by atoms with Crippen molar-refractivity contribution in [3.8, 4) is 5.69 Å². The van der Waals surface area contributed by atoms with Crippen LogP contribution in [0.3, 0.4) is 0 Å². The highest BCUT2D eigenvalue weighted by molar-refractivity contribution is 5.46. The molecule has 0 aliphatic rings. The molecule has 1 N–H and O–H groups in total. The van der Waals surface area contributed by atoms with Crippen molar-refractivity contribution in [2.75, 3.05) is 7.05 Å². The molecule has 0 aliphatic carbocycles. The van der Waals surface area contributed by atoms with Gasteiger partial charge in [-0.3, -0.25) is 0 Å². The van der Waals surface area contributed by atoms with Crippen LogP contribution in [-0.2, 0) is 12.7 Å². The Hall–Kier alpha value is -1.82. The van der Waals surface area contributed by atoms with Crippen molar-refractivity contribution in [3.05, 3.63) is 46.8 Å². The molecule has 0 unspecified atom stereocenters. The summed E-state index contributed by atoms with van der Waals surface area (Å²) in [6.07, 6.45) is -3.18. The van der Waals surface area contributed by atoms with Gasteiger partial charge in [0.15, 0.2) is 5.69 Å². The highest BCUT2D eigenvalue weighted by atomic mass is 19.4. The summed E-state index contributed by atoms with van der Waals surface area (Å²) in [6.45, 7) is 3.79. The number of benzene rings is 1. The molecule has 1 aromatic carbocycles. The molecule has 0 fully saturated rings. The number of halogens is 3. The van der Waals surface area contributed by atoms with E-state index in [1.54, 1.807) is 26.1 Å². The third-order valence-corrected chi connectivity index (χ3v) is 3.28. The molecule has 1 heterocycles. The number of alkyl halides is 3. The fourth-order valence-corrected chi connectivity index (χ4v) is 2.15. The minimum Gasteiger partial charge on any atom is -0.316 e. The Morgan fingerprint density at radius 1 is 1.25 bits per heavy atom. The van der Waals surface area contributed by atoms with Gasteiger partial charge in [0.25, 0.3) is 0 Å². The number of aryl methyl sites for hydroxylation is 1. The molecule has 0 aliphatic heterocycles. The molecule has 0 bridgehead atoms. The highest BCUT2D eigenvalue weighted by Crippen LogP contribution is 2.34. The first-order chi connectivity index (χ1) is 9.36. The van der Waals surface area contributed by atoms with Crippen molar-refractivity contribution >= 4 is 0 Å². The Morgan fingerprint density at radius 3 is 2.55 bits per heavy atom. The topological polar surface area (TPSA) is 29.9 Å². The summed E-state index contributed by atoms with van der Waals surface area (Å²) in [6, 6.07) is 5.25. The molecule has 0 amide bonds. The van der Waals surface area contributed by atoms with Crippen LogP contribution in [0.25, 0.3) is 5.69 Å². The lowest BCUT2D eigenvalue weighted by Gasteiger charge is -2.15. The molecule has 0 saturated heterocycles. The quantitative estimate of drug-likeness (QED) is 0.937. The summed E-state index contributed by atoms with van der Waals surface area (Å²) in [4.78, 5) is 0. The van der Waals surface area contributed by atoms with E-state index >= 15 is 0 Å². The van der Waals surface area contributed by atoms with Crippen molar-refractivity contribution < 1.29 is 13.2 Å². The number of hydrogen-bond acceptors (Lipinski definition) is 2. The molecule has 3 nitrogen and oxygen atoms in total. The molecule has 20 heavy (non-hydrogen) atoms. The monoisotopic (exact) mass is 283 g/mol. The summed E-state index contributed by atoms with van der Waals surface area (Å²) in [5, 5.41) is 6.66. The average Bonchev–Trinajstić information content (AvgIpc) is 2.76. The first kappa shape index (κ1) is 14.6. The molecule has 0 saturated carbocycles. The van der Waals surface area contributed by atoms with Crippen molar-refractivity contribution in [1.82, 2.24) is 15.1 Å². The van der Waals surface area contributed by atoms with E-state index < -0.39 is 11.9 Å². The predicted molar refractivity (Wildman–Crippen MR) is 70.8 cm³/mol. The molecule has 2 rings (SSSR count). The summed E-state index contributed by atoms with van der Waals surface area (Å²) < 4.78 is 40.9. The summed E-state index contributed by atoms with van der Waals surface area (Å²) in [5.41, 5.74) is 1.60. The molecule has 1 aromatic heterocycles. The molecular weight excluding hydrogens is 267 g/mol. The average molecular weight is 283 g/mol. The largest absolute Gasteiger partial charge is 0.433 e. The molecule has 108 valence electrons. The minimum atomic E-state index is -4.45. The SMILES string of the molecule is CNCc1cnn(-c2cccc(C)c2C)c1C(F)(F)F. The summed E-state index contributed by atoms with van der Waals surface area (Å²) >= 11 is 0. The van der Waals surface area contributed by atoms with Crippen LogP contribution >= 0.6 is 0 Å². The lowest BCUT2D eigenvalue weighted by Crippen LogP contribution is -2.18. The number of hydrogen-bond donors (Lipinski definition) is 1. The van der Waals surface area contributed by atoms with Crippen molar-refractivity contribution in [2.45, 2.75) is 26.6 Å². The fourth-order valence-electron chi connectivity index (χ4n) is 2.15. The van der Waals surface area contributed by atoms with Gasteiger partial charge >= 0.3 is 6.18 Å². The highest BCUT2D eigenvalue weighted by Gasteiger charge is 2.38. The molecule has 0 atom stereocenters. The standard InChI is InChI=1S/C14H16F3N3/c1-9-5-4-6-12(10(9)2)20-13(14(15,16)17)11(7-18-3)8-19-20/h4-6,8,18H,7H2,1-3H3. The van der Waals surface area contributed by atoms with Gasteiger partial charge < -0.3 is 5.32 Å². The summed E-state index contributed by atoms with van der Waals surface area (Å²) in [5.74, 6) is 0. The van der Waals surface area contributed by atoms with E-state index in [4.69, 9.17) is 0 Å². The maximum absolute atomic E-state index is 13.3. The Kier molecular flexibility index (Phi) is 3.85. The van der Waals surface area contributed by atoms with Crippen LogP contribution in [0.15, 0.2) is 24.4 Å². The maximum Gasteiger partial charge on any atom is 0.433 e. The lowest BCUT2D eigenvalue weighted by molar-refractivity contribution is -0.143. The normalized spacial score (nSPS) is 11.9. The zero-order valence-corrected chi connectivity index (χ0v) is 11.5. The van der Waals surface area contributed by atoms with Gasteiger partial charge in [0.1, 0.15) is 0 Å². The van der Waals surface area contributed by atoms with Crippen LogP contribution in [0.1, 0.15) is 22.4 Å². The maximum atomic E-state index is 13.3. The number of aromatic nitrogens is 2. The fraction of sp³-hybridized carbons (Fsp3) is 0.357. The third-order valence-electron chi connectivity index (χ3n) is 3.28. The van der Waals surface area contributed by atoms with E-state index in [1.807, 2.05) is 13.0 Å².